The van der Waals surface area contributed by atoms with Crippen LogP contribution in [0.1, 0.15) is 11.6 Å². The van der Waals surface area contributed by atoms with Crippen molar-refractivity contribution in [2.24, 2.45) is 0 Å². The highest BCUT2D eigenvalue weighted by Crippen LogP contribution is 2.36. The van der Waals surface area contributed by atoms with Crippen molar-refractivity contribution in [3.63, 3.8) is 0 Å². The summed E-state index contributed by atoms with van der Waals surface area (Å²) in [5, 5.41) is 3.70. The van der Waals surface area contributed by atoms with Gasteiger partial charge >= 0.3 is 0 Å². The second-order valence-corrected chi connectivity index (χ2v) is 11.1. The van der Waals surface area contributed by atoms with Gasteiger partial charge in [0.05, 0.1) is 0 Å². The van der Waals surface area contributed by atoms with E-state index in [2.05, 4.69) is 9.97 Å². The maximum atomic E-state index is 5.06. The highest BCUT2D eigenvalue weighted by atomic mass is 15.1. The first-order valence-corrected chi connectivity index (χ1v) is 14.8. The summed E-state index contributed by atoms with van der Waals surface area (Å²) in [5.41, 5.74) is 6.18. The van der Waals surface area contributed by atoms with Gasteiger partial charge in [0, 0.05) is 43.8 Å². The Balaban J connectivity index is 1.38. The fourth-order valence-electron chi connectivity index (χ4n) is 6.17. The summed E-state index contributed by atoms with van der Waals surface area (Å²) in [6.45, 7) is 0. The number of hydrogen-bond acceptors (Lipinski definition) is 8. The molecule has 4 aromatic carbocycles. The lowest BCUT2D eigenvalue weighted by Gasteiger charge is -1.96. The summed E-state index contributed by atoms with van der Waals surface area (Å²) in [6, 6.07) is 32.0. The Kier molecular flexibility index (Phi) is 5.06. The summed E-state index contributed by atoms with van der Waals surface area (Å²) < 4.78 is 0. The highest BCUT2D eigenvalue weighted by Gasteiger charge is 2.21. The van der Waals surface area contributed by atoms with Crippen molar-refractivity contribution in [1.82, 2.24) is 49.8 Å². The average molecular weight is 593 g/mol. The molecule has 0 unspecified atom stereocenters. The number of aromatic nitrogens is 10. The van der Waals surface area contributed by atoms with Crippen LogP contribution in [0.3, 0.4) is 0 Å². The standard InChI is InChI=1S/C36H20N10/c1-3-11-21-19(9-1)29-38-27-17-18-28(37-27)39-30-20-10-2-4-12-22(20)32(41-30)43-34-24-14-6-8-16-26(24)36(45-34)46-35-25-15-7-5-13-23(25)33(44-35)42-31(21)40-29/h1-18H,(H2,37,38,39,40,41,42,43,44,45,46). The van der Waals surface area contributed by atoms with Crippen LogP contribution in [0, 0.1) is 0 Å². The van der Waals surface area contributed by atoms with E-state index >= 15 is 0 Å². The predicted molar refractivity (Wildman–Crippen MR) is 178 cm³/mol. The number of fused-ring (bicyclic) bond motifs is 22. The third-order valence-electron chi connectivity index (χ3n) is 8.30. The number of aromatic amines is 2. The van der Waals surface area contributed by atoms with Gasteiger partial charge in [-0.25, -0.2) is 39.9 Å². The van der Waals surface area contributed by atoms with E-state index in [9.17, 15) is 0 Å². The van der Waals surface area contributed by atoms with Crippen LogP contribution in [0.4, 0.5) is 0 Å². The van der Waals surface area contributed by atoms with Gasteiger partial charge < -0.3 is 9.97 Å². The fourth-order valence-corrected chi connectivity index (χ4v) is 6.17. The fraction of sp³-hybridized carbons (Fsp3) is 0. The number of nitrogens with zero attached hydrogens (tertiary/aromatic N) is 8. The molecule has 0 spiro atoms. The van der Waals surface area contributed by atoms with Gasteiger partial charge in [-0.15, -0.1) is 0 Å². The van der Waals surface area contributed by atoms with Crippen LogP contribution < -0.4 is 0 Å². The number of hydrogen-bond donors (Lipinski definition) is 2. The van der Waals surface area contributed by atoms with E-state index in [0.29, 0.717) is 57.5 Å². The van der Waals surface area contributed by atoms with Gasteiger partial charge in [0.1, 0.15) is 22.6 Å². The van der Waals surface area contributed by atoms with Crippen LogP contribution >= 0.6 is 0 Å². The molecule has 46 heavy (non-hydrogen) atoms. The minimum atomic E-state index is 0.509. The molecule has 3 aliphatic rings. The zero-order valence-corrected chi connectivity index (χ0v) is 24.0. The minimum absolute atomic E-state index is 0.509. The third-order valence-corrected chi connectivity index (χ3v) is 8.30. The van der Waals surface area contributed by atoms with Crippen LogP contribution in [0.5, 0.6) is 0 Å². The SMILES string of the molecule is C1=Cc2nc1nc1nc(nc3[nH]c(nc4nc(nc5[nH]c(n2)c2ccccc52)-c2ccccc2-4)c2ccccc32)-c2ccccc2-1. The van der Waals surface area contributed by atoms with Gasteiger partial charge in [0.25, 0.3) is 0 Å². The van der Waals surface area contributed by atoms with E-state index in [-0.39, 0.29) is 0 Å². The van der Waals surface area contributed by atoms with Gasteiger partial charge in [0.2, 0.25) is 0 Å². The number of H-pyrrole nitrogens is 2. The van der Waals surface area contributed by atoms with Crippen LogP contribution in [0.15, 0.2) is 97.1 Å². The Morgan fingerprint density at radius 3 is 1.04 bits per heavy atom. The molecule has 3 aromatic heterocycles. The lowest BCUT2D eigenvalue weighted by Crippen LogP contribution is -1.86. The molecule has 10 heteroatoms. The van der Waals surface area contributed by atoms with Crippen molar-refractivity contribution < 1.29 is 0 Å². The highest BCUT2D eigenvalue weighted by molar-refractivity contribution is 6.06. The minimum Gasteiger partial charge on any atom is -0.324 e. The lowest BCUT2D eigenvalue weighted by molar-refractivity contribution is 1.10. The molecule has 0 saturated carbocycles. The maximum absolute atomic E-state index is 5.06. The second kappa shape index (κ2) is 9.41. The van der Waals surface area contributed by atoms with E-state index in [1.807, 2.05) is 109 Å². The van der Waals surface area contributed by atoms with E-state index in [0.717, 1.165) is 43.8 Å². The Hall–Kier alpha value is -6.68. The number of rotatable bonds is 0. The predicted octanol–water partition coefficient (Wildman–Crippen LogP) is 7.27. The number of benzene rings is 4. The molecule has 6 heterocycles. The van der Waals surface area contributed by atoms with Crippen molar-refractivity contribution in [1.29, 1.82) is 0 Å². The maximum Gasteiger partial charge on any atom is 0.164 e. The molecule has 0 fully saturated rings. The van der Waals surface area contributed by atoms with Crippen molar-refractivity contribution in [2.75, 3.05) is 0 Å². The monoisotopic (exact) mass is 592 g/mol. The summed E-state index contributed by atoms with van der Waals surface area (Å²) in [5.74, 6) is 3.26. The molecule has 0 amide bonds. The number of nitrogens with one attached hydrogen (secondary N) is 2. The van der Waals surface area contributed by atoms with Gasteiger partial charge in [0.15, 0.2) is 34.9 Å². The Labute approximate surface area is 260 Å². The molecule has 0 atom stereocenters. The van der Waals surface area contributed by atoms with Crippen LogP contribution in [0.25, 0.3) is 102 Å². The first-order valence-electron chi connectivity index (χ1n) is 14.8. The molecule has 3 aliphatic heterocycles. The van der Waals surface area contributed by atoms with Crippen molar-refractivity contribution in [3.05, 3.63) is 109 Å². The molecule has 214 valence electrons. The summed E-state index contributed by atoms with van der Waals surface area (Å²) in [4.78, 5) is 46.2. The smallest absolute Gasteiger partial charge is 0.164 e. The molecule has 0 aliphatic carbocycles. The Morgan fingerprint density at radius 1 is 0.304 bits per heavy atom. The summed E-state index contributed by atoms with van der Waals surface area (Å²) in [7, 11) is 0. The molecule has 2 N–H and O–H groups in total. The van der Waals surface area contributed by atoms with Crippen molar-refractivity contribution >= 4 is 56.3 Å². The molecule has 0 saturated heterocycles. The van der Waals surface area contributed by atoms with Gasteiger partial charge in [-0.1, -0.05) is 97.1 Å². The van der Waals surface area contributed by atoms with Gasteiger partial charge in [-0.3, -0.25) is 0 Å². The van der Waals surface area contributed by atoms with Crippen LogP contribution in [0.2, 0.25) is 0 Å². The largest absolute Gasteiger partial charge is 0.324 e. The van der Waals surface area contributed by atoms with Gasteiger partial charge in [-0.05, 0) is 12.2 Å². The first kappa shape index (κ1) is 24.7. The third kappa shape index (κ3) is 3.77. The quantitative estimate of drug-likeness (QED) is 0.188. The summed E-state index contributed by atoms with van der Waals surface area (Å²) in [6.07, 6.45) is 3.68. The molecular weight excluding hydrogens is 572 g/mol. The van der Waals surface area contributed by atoms with E-state index in [4.69, 9.17) is 39.9 Å². The van der Waals surface area contributed by atoms with E-state index < -0.39 is 0 Å². The molecule has 10 bridgehead atoms. The van der Waals surface area contributed by atoms with Crippen LogP contribution in [-0.4, -0.2) is 49.8 Å². The molecule has 0 radical (unpaired) electrons. The molecular formula is C36H20N10. The first-order chi connectivity index (χ1) is 22.7. The normalized spacial score (nSPS) is 12.3. The Morgan fingerprint density at radius 2 is 0.630 bits per heavy atom. The zero-order valence-electron chi connectivity index (χ0n) is 24.0. The lowest BCUT2D eigenvalue weighted by atomic mass is 10.1. The van der Waals surface area contributed by atoms with E-state index in [1.165, 1.54) is 0 Å². The summed E-state index contributed by atoms with van der Waals surface area (Å²) >= 11 is 0. The topological polar surface area (TPSA) is 135 Å². The van der Waals surface area contributed by atoms with Crippen molar-refractivity contribution in [2.45, 2.75) is 0 Å². The molecule has 10 nitrogen and oxygen atoms in total. The van der Waals surface area contributed by atoms with Crippen molar-refractivity contribution in [3.8, 4) is 45.6 Å². The van der Waals surface area contributed by atoms with E-state index in [1.54, 1.807) is 0 Å². The van der Waals surface area contributed by atoms with Gasteiger partial charge in [-0.2, -0.15) is 0 Å². The Bertz CT molecular complexity index is 2720. The molecule has 7 aromatic rings. The average Bonchev–Trinajstić information content (AvgIpc) is 3.91. The molecule has 10 rings (SSSR count). The van der Waals surface area contributed by atoms with Crippen LogP contribution in [-0.2, 0) is 0 Å². The zero-order chi connectivity index (χ0) is 30.2. The second-order valence-electron chi connectivity index (χ2n) is 11.1.